The van der Waals surface area contributed by atoms with Gasteiger partial charge in [-0.2, -0.15) is 0 Å². The van der Waals surface area contributed by atoms with Crippen molar-refractivity contribution >= 4 is 17.6 Å². The van der Waals surface area contributed by atoms with Gasteiger partial charge in [-0.05, 0) is 30.5 Å². The number of rotatable bonds is 16. The van der Waals surface area contributed by atoms with Crippen LogP contribution in [0.25, 0.3) is 0 Å². The molecule has 2 atom stereocenters. The van der Waals surface area contributed by atoms with E-state index in [-0.39, 0.29) is 5.57 Å². The van der Waals surface area contributed by atoms with Crippen molar-refractivity contribution in [2.24, 2.45) is 0 Å². The van der Waals surface area contributed by atoms with E-state index in [1.54, 1.807) is 24.3 Å². The number of aliphatic hydroxyl groups excluding tert-OH is 1. The highest BCUT2D eigenvalue weighted by Crippen LogP contribution is 2.39. The Hall–Kier alpha value is -1.36. The standard InChI is InChI=1S/C26H39ClO4/c1-2-3-4-5-6-7-8-9-10-11-12-13-14-19-26(30,21-15-17-22(27)18-16-21)23-20-24(28)31-25(23)29/h15-18,20,25,29-30H,2-14,19H2,1H3. The molecule has 1 aliphatic heterocycles. The van der Waals surface area contributed by atoms with E-state index in [0.717, 1.165) is 19.3 Å². The maximum absolute atomic E-state index is 11.6. The number of hydrogen-bond donors (Lipinski definition) is 2. The SMILES string of the molecule is CCCCCCCCCCCCCCCC(O)(C1=CC(=O)OC1O)c1ccc(Cl)cc1. The van der Waals surface area contributed by atoms with Gasteiger partial charge >= 0.3 is 5.97 Å². The number of benzene rings is 1. The zero-order valence-corrected chi connectivity index (χ0v) is 19.7. The number of cyclic esters (lactones) is 1. The Kier molecular flexibility index (Phi) is 11.6. The van der Waals surface area contributed by atoms with E-state index >= 15 is 0 Å². The van der Waals surface area contributed by atoms with Crippen molar-refractivity contribution in [1.29, 1.82) is 0 Å². The molecule has 0 amide bonds. The van der Waals surface area contributed by atoms with Gasteiger partial charge in [0.2, 0.25) is 6.29 Å². The van der Waals surface area contributed by atoms with Crippen LogP contribution in [-0.4, -0.2) is 22.5 Å². The largest absolute Gasteiger partial charge is 0.429 e. The van der Waals surface area contributed by atoms with Crippen LogP contribution < -0.4 is 0 Å². The third kappa shape index (κ3) is 8.59. The van der Waals surface area contributed by atoms with Crippen LogP contribution in [0.1, 0.15) is 102 Å². The molecule has 2 N–H and O–H groups in total. The van der Waals surface area contributed by atoms with Crippen molar-refractivity contribution < 1.29 is 19.7 Å². The smallest absolute Gasteiger partial charge is 0.333 e. The Morgan fingerprint density at radius 1 is 0.871 bits per heavy atom. The molecular formula is C26H39ClO4. The van der Waals surface area contributed by atoms with Gasteiger partial charge in [0.25, 0.3) is 0 Å². The Bertz CT molecular complexity index is 685. The topological polar surface area (TPSA) is 66.8 Å². The van der Waals surface area contributed by atoms with Crippen molar-refractivity contribution in [1.82, 2.24) is 0 Å². The number of aliphatic hydroxyl groups is 2. The van der Waals surface area contributed by atoms with E-state index in [2.05, 4.69) is 6.92 Å². The highest BCUT2D eigenvalue weighted by atomic mass is 35.5. The van der Waals surface area contributed by atoms with Crippen LogP contribution >= 0.6 is 11.6 Å². The van der Waals surface area contributed by atoms with Gasteiger partial charge in [0.15, 0.2) is 0 Å². The first-order valence-corrected chi connectivity index (χ1v) is 12.4. The molecule has 0 aromatic heterocycles. The monoisotopic (exact) mass is 450 g/mol. The van der Waals surface area contributed by atoms with Crippen LogP contribution in [0.2, 0.25) is 5.02 Å². The molecule has 31 heavy (non-hydrogen) atoms. The molecule has 2 rings (SSSR count). The second-order valence-electron chi connectivity index (χ2n) is 8.75. The number of esters is 1. The van der Waals surface area contributed by atoms with Gasteiger partial charge in [0.05, 0.1) is 0 Å². The minimum absolute atomic E-state index is 0.207. The summed E-state index contributed by atoms with van der Waals surface area (Å²) in [6.45, 7) is 2.25. The van der Waals surface area contributed by atoms with Crippen LogP contribution in [0.4, 0.5) is 0 Å². The fourth-order valence-corrected chi connectivity index (χ4v) is 4.43. The summed E-state index contributed by atoms with van der Waals surface area (Å²) < 4.78 is 4.82. The molecule has 174 valence electrons. The summed E-state index contributed by atoms with van der Waals surface area (Å²) in [5, 5.41) is 22.1. The Balaban J connectivity index is 1.71. The molecule has 0 radical (unpaired) electrons. The van der Waals surface area contributed by atoms with Crippen molar-refractivity contribution in [3.63, 3.8) is 0 Å². The lowest BCUT2D eigenvalue weighted by Gasteiger charge is -2.31. The lowest BCUT2D eigenvalue weighted by molar-refractivity contribution is -0.153. The number of carbonyl (C=O) groups excluding carboxylic acids is 1. The second-order valence-corrected chi connectivity index (χ2v) is 9.19. The average Bonchev–Trinajstić information content (AvgIpc) is 3.10. The van der Waals surface area contributed by atoms with Gasteiger partial charge in [-0.15, -0.1) is 0 Å². The predicted molar refractivity (Wildman–Crippen MR) is 126 cm³/mol. The summed E-state index contributed by atoms with van der Waals surface area (Å²) in [7, 11) is 0. The summed E-state index contributed by atoms with van der Waals surface area (Å²) in [6, 6.07) is 6.88. The van der Waals surface area contributed by atoms with E-state index in [1.807, 2.05) is 0 Å². The van der Waals surface area contributed by atoms with E-state index in [1.165, 1.54) is 70.3 Å². The fraction of sp³-hybridized carbons (Fsp3) is 0.654. The number of hydrogen-bond acceptors (Lipinski definition) is 4. The lowest BCUT2D eigenvalue weighted by atomic mass is 9.81. The number of unbranched alkanes of at least 4 members (excludes halogenated alkanes) is 12. The Morgan fingerprint density at radius 2 is 1.35 bits per heavy atom. The van der Waals surface area contributed by atoms with Gasteiger partial charge in [-0.3, -0.25) is 0 Å². The Morgan fingerprint density at radius 3 is 1.81 bits per heavy atom. The quantitative estimate of drug-likeness (QED) is 0.214. The zero-order chi connectivity index (χ0) is 22.5. The molecule has 0 spiro atoms. The molecule has 2 unspecified atom stereocenters. The third-order valence-corrected chi connectivity index (χ3v) is 6.46. The molecule has 0 saturated heterocycles. The van der Waals surface area contributed by atoms with Crippen LogP contribution in [0.15, 0.2) is 35.9 Å². The van der Waals surface area contributed by atoms with Gasteiger partial charge in [-0.25, -0.2) is 4.79 Å². The third-order valence-electron chi connectivity index (χ3n) is 6.21. The summed E-state index contributed by atoms with van der Waals surface area (Å²) in [6.07, 6.45) is 16.4. The van der Waals surface area contributed by atoms with Crippen molar-refractivity contribution in [3.8, 4) is 0 Å². The number of halogens is 1. The molecule has 0 aliphatic carbocycles. The second kappa shape index (κ2) is 13.9. The maximum Gasteiger partial charge on any atom is 0.333 e. The minimum Gasteiger partial charge on any atom is -0.429 e. The van der Waals surface area contributed by atoms with Gasteiger partial charge < -0.3 is 14.9 Å². The molecule has 1 heterocycles. The van der Waals surface area contributed by atoms with E-state index in [9.17, 15) is 15.0 Å². The summed E-state index contributed by atoms with van der Waals surface area (Å²) in [5.74, 6) is -0.625. The van der Waals surface area contributed by atoms with Gasteiger partial charge in [-0.1, -0.05) is 108 Å². The van der Waals surface area contributed by atoms with E-state index in [4.69, 9.17) is 16.3 Å². The minimum atomic E-state index is -1.44. The summed E-state index contributed by atoms with van der Waals surface area (Å²) >= 11 is 5.98. The summed E-state index contributed by atoms with van der Waals surface area (Å²) in [4.78, 5) is 11.6. The average molecular weight is 451 g/mol. The molecule has 1 aromatic rings. The molecular weight excluding hydrogens is 412 g/mol. The molecule has 5 heteroatoms. The first-order chi connectivity index (χ1) is 15.0. The van der Waals surface area contributed by atoms with Crippen LogP contribution in [0.5, 0.6) is 0 Å². The number of ether oxygens (including phenoxy) is 1. The maximum atomic E-state index is 11.6. The highest BCUT2D eigenvalue weighted by molar-refractivity contribution is 6.30. The van der Waals surface area contributed by atoms with E-state index < -0.39 is 17.9 Å². The highest BCUT2D eigenvalue weighted by Gasteiger charge is 2.42. The first kappa shape index (κ1) is 25.9. The lowest BCUT2D eigenvalue weighted by Crippen LogP contribution is -2.33. The van der Waals surface area contributed by atoms with Crippen LogP contribution in [-0.2, 0) is 15.1 Å². The summed E-state index contributed by atoms with van der Waals surface area (Å²) in [5.41, 5.74) is -0.619. The molecule has 1 aromatic carbocycles. The first-order valence-electron chi connectivity index (χ1n) is 12.1. The number of carbonyl (C=O) groups is 1. The fourth-order valence-electron chi connectivity index (χ4n) is 4.31. The molecule has 1 aliphatic rings. The normalized spacial score (nSPS) is 18.0. The molecule has 0 saturated carbocycles. The van der Waals surface area contributed by atoms with Crippen LogP contribution in [0.3, 0.4) is 0 Å². The van der Waals surface area contributed by atoms with Gasteiger partial charge in [0, 0.05) is 16.7 Å². The van der Waals surface area contributed by atoms with Crippen molar-refractivity contribution in [3.05, 3.63) is 46.5 Å². The molecule has 0 fully saturated rings. The predicted octanol–water partition coefficient (Wildman–Crippen LogP) is 6.81. The Labute approximate surface area is 192 Å². The van der Waals surface area contributed by atoms with Gasteiger partial charge in [0.1, 0.15) is 5.60 Å². The van der Waals surface area contributed by atoms with Crippen LogP contribution in [0, 0.1) is 0 Å². The van der Waals surface area contributed by atoms with E-state index in [0.29, 0.717) is 17.0 Å². The van der Waals surface area contributed by atoms with Crippen molar-refractivity contribution in [2.75, 3.05) is 0 Å². The van der Waals surface area contributed by atoms with Crippen molar-refractivity contribution in [2.45, 2.75) is 109 Å². The zero-order valence-electron chi connectivity index (χ0n) is 19.0. The molecule has 0 bridgehead atoms. The molecule has 4 nitrogen and oxygen atoms in total.